The van der Waals surface area contributed by atoms with Crippen LogP contribution in [-0.2, 0) is 21.8 Å². The number of rotatable bonds is 7. The number of carbonyl (C=O) groups is 2. The number of hydrogen-bond acceptors (Lipinski definition) is 5. The van der Waals surface area contributed by atoms with Crippen LogP contribution in [0.15, 0.2) is 60.2 Å². The van der Waals surface area contributed by atoms with Crippen molar-refractivity contribution in [2.24, 2.45) is 5.41 Å². The maximum atomic E-state index is 14.3. The average Bonchev–Trinajstić information content (AvgIpc) is 3.31. The summed E-state index contributed by atoms with van der Waals surface area (Å²) in [6.07, 6.45) is -9.15. The predicted molar refractivity (Wildman–Crippen MR) is 171 cm³/mol. The smallest absolute Gasteiger partial charge is 0.417 e. The molecule has 1 aliphatic carbocycles. The molecule has 0 unspecified atom stereocenters. The van der Waals surface area contributed by atoms with E-state index in [-0.39, 0.29) is 34.2 Å². The molecule has 2 atom stereocenters. The molecule has 1 amide bonds. The zero-order valence-corrected chi connectivity index (χ0v) is 27.9. The molecule has 2 aliphatic rings. The Morgan fingerprint density at radius 1 is 0.959 bits per heavy atom. The minimum Gasteiger partial charge on any atom is -0.496 e. The van der Waals surface area contributed by atoms with Crippen LogP contribution in [0.3, 0.4) is 0 Å². The summed E-state index contributed by atoms with van der Waals surface area (Å²) in [7, 11) is 2.55. The highest BCUT2D eigenvalue weighted by Crippen LogP contribution is 2.47. The summed E-state index contributed by atoms with van der Waals surface area (Å²) < 4.78 is 99.7. The van der Waals surface area contributed by atoms with Crippen molar-refractivity contribution in [1.82, 2.24) is 4.90 Å². The van der Waals surface area contributed by atoms with Gasteiger partial charge in [0.1, 0.15) is 11.9 Å². The molecule has 0 radical (unpaired) electrons. The van der Waals surface area contributed by atoms with Crippen molar-refractivity contribution in [1.29, 1.82) is 0 Å². The van der Waals surface area contributed by atoms with Gasteiger partial charge in [0.05, 0.1) is 37.0 Å². The molecular weight excluding hydrogens is 652 g/mol. The van der Waals surface area contributed by atoms with Gasteiger partial charge in [-0.1, -0.05) is 37.6 Å². The molecule has 5 rings (SSSR count). The number of carbonyl (C=O) groups excluding carboxylic acids is 2. The summed E-state index contributed by atoms with van der Waals surface area (Å²) in [6, 6.07) is 11.0. The molecule has 0 spiro atoms. The van der Waals surface area contributed by atoms with Crippen molar-refractivity contribution in [2.75, 3.05) is 20.8 Å². The van der Waals surface area contributed by atoms with Crippen LogP contribution >= 0.6 is 0 Å². The standard InChI is InChI=1S/C37H37F6NO5/c1-20-13-24(15-26(14-20)36(38,39)40)32-21(2)44(34(46)49-32)19-25-18-35(3,4)12-11-27(25)29-16-22(8-10-31(29)47-5)28-9-7-23(33(45)48-6)17-30(28)37(41,42)43/h7-10,13-17,21,32H,11-12,18-19H2,1-6H3/t21-,32-/m0/s1. The molecule has 49 heavy (non-hydrogen) atoms. The number of methoxy groups -OCH3 is 2. The Bertz CT molecular complexity index is 1810. The lowest BCUT2D eigenvalue weighted by Gasteiger charge is -2.36. The minimum absolute atomic E-state index is 0.0994. The zero-order chi connectivity index (χ0) is 36.1. The summed E-state index contributed by atoms with van der Waals surface area (Å²) >= 11 is 0. The quantitative estimate of drug-likeness (QED) is 0.183. The maximum Gasteiger partial charge on any atom is 0.417 e. The molecule has 3 aromatic carbocycles. The average molecular weight is 690 g/mol. The van der Waals surface area contributed by atoms with Crippen molar-refractivity contribution < 1.29 is 50.1 Å². The number of halogens is 6. The SMILES string of the molecule is COC(=O)c1ccc(-c2ccc(OC)c(C3=C(CN4C(=O)O[C@H](c5cc(C)cc(C(F)(F)F)c5)[C@@H]4C)CC(C)(C)CC3)c2)c(C(F)(F)F)c1. The van der Waals surface area contributed by atoms with Crippen LogP contribution in [0.2, 0.25) is 0 Å². The maximum absolute atomic E-state index is 14.3. The molecule has 1 fully saturated rings. The highest BCUT2D eigenvalue weighted by Gasteiger charge is 2.43. The Morgan fingerprint density at radius 3 is 2.31 bits per heavy atom. The molecule has 0 aromatic heterocycles. The third-order valence-corrected chi connectivity index (χ3v) is 9.26. The number of benzene rings is 3. The van der Waals surface area contributed by atoms with Gasteiger partial charge in [-0.2, -0.15) is 26.3 Å². The predicted octanol–water partition coefficient (Wildman–Crippen LogP) is 10.0. The Labute approximate surface area is 280 Å². The van der Waals surface area contributed by atoms with E-state index >= 15 is 0 Å². The van der Waals surface area contributed by atoms with Crippen molar-refractivity contribution in [3.63, 3.8) is 0 Å². The first kappa shape index (κ1) is 35.8. The summed E-state index contributed by atoms with van der Waals surface area (Å²) in [6.45, 7) is 7.52. The van der Waals surface area contributed by atoms with Gasteiger partial charge >= 0.3 is 24.4 Å². The summed E-state index contributed by atoms with van der Waals surface area (Å²) in [4.78, 5) is 26.8. The summed E-state index contributed by atoms with van der Waals surface area (Å²) in [5, 5.41) is 0. The Morgan fingerprint density at radius 2 is 1.67 bits per heavy atom. The van der Waals surface area contributed by atoms with E-state index < -0.39 is 47.7 Å². The molecule has 0 bridgehead atoms. The Kier molecular flexibility index (Phi) is 9.57. The lowest BCUT2D eigenvalue weighted by molar-refractivity contribution is -0.138. The number of amides is 1. The van der Waals surface area contributed by atoms with Gasteiger partial charge < -0.3 is 14.2 Å². The lowest BCUT2D eigenvalue weighted by atomic mass is 9.72. The van der Waals surface area contributed by atoms with Crippen molar-refractivity contribution in [3.05, 3.63) is 93.6 Å². The van der Waals surface area contributed by atoms with E-state index in [9.17, 15) is 35.9 Å². The number of alkyl halides is 6. The number of aryl methyl sites for hydroxylation is 1. The Hall–Kier alpha value is -4.48. The molecule has 3 aromatic rings. The zero-order valence-electron chi connectivity index (χ0n) is 27.9. The van der Waals surface area contributed by atoms with E-state index in [2.05, 4.69) is 18.6 Å². The van der Waals surface area contributed by atoms with Gasteiger partial charge in [-0.05, 0) is 103 Å². The van der Waals surface area contributed by atoms with Crippen molar-refractivity contribution >= 4 is 17.6 Å². The fourth-order valence-electron chi connectivity index (χ4n) is 6.78. The lowest BCUT2D eigenvalue weighted by Crippen LogP contribution is -2.35. The summed E-state index contributed by atoms with van der Waals surface area (Å²) in [5.74, 6) is -0.475. The number of nitrogens with zero attached hydrogens (tertiary/aromatic N) is 1. The van der Waals surface area contributed by atoms with Crippen LogP contribution in [0.25, 0.3) is 16.7 Å². The molecule has 262 valence electrons. The normalized spacial score (nSPS) is 19.6. The highest BCUT2D eigenvalue weighted by atomic mass is 19.4. The molecular formula is C37H37F6NO5. The molecule has 12 heteroatoms. The van der Waals surface area contributed by atoms with Crippen LogP contribution in [0.4, 0.5) is 31.1 Å². The van der Waals surface area contributed by atoms with Gasteiger partial charge in [0.2, 0.25) is 0 Å². The van der Waals surface area contributed by atoms with Crippen LogP contribution in [-0.4, -0.2) is 43.8 Å². The third kappa shape index (κ3) is 7.43. The van der Waals surface area contributed by atoms with Gasteiger partial charge in [0.15, 0.2) is 0 Å². The van der Waals surface area contributed by atoms with Gasteiger partial charge in [-0.15, -0.1) is 0 Å². The molecule has 0 saturated carbocycles. The fraction of sp³-hybridized carbons (Fsp3) is 0.405. The molecule has 0 N–H and O–H groups in total. The van der Waals surface area contributed by atoms with Crippen LogP contribution < -0.4 is 4.74 Å². The van der Waals surface area contributed by atoms with Crippen molar-refractivity contribution in [3.8, 4) is 16.9 Å². The van der Waals surface area contributed by atoms with E-state index in [1.807, 2.05) is 0 Å². The second-order valence-electron chi connectivity index (χ2n) is 13.4. The first-order chi connectivity index (χ1) is 22.8. The number of esters is 1. The van der Waals surface area contributed by atoms with Gasteiger partial charge in [-0.3, -0.25) is 4.90 Å². The largest absolute Gasteiger partial charge is 0.496 e. The first-order valence-electron chi connectivity index (χ1n) is 15.7. The van der Waals surface area contributed by atoms with E-state index in [1.165, 1.54) is 30.2 Å². The van der Waals surface area contributed by atoms with Gasteiger partial charge in [-0.25, -0.2) is 9.59 Å². The highest BCUT2D eigenvalue weighted by molar-refractivity contribution is 5.91. The number of ether oxygens (including phenoxy) is 3. The second kappa shape index (κ2) is 13.1. The van der Waals surface area contributed by atoms with Gasteiger partial charge in [0.25, 0.3) is 0 Å². The number of hydrogen-bond donors (Lipinski definition) is 0. The number of allylic oxidation sites excluding steroid dienone is 1. The topological polar surface area (TPSA) is 65.1 Å². The Balaban J connectivity index is 1.57. The molecule has 6 nitrogen and oxygen atoms in total. The number of cyclic esters (lactones) is 1. The third-order valence-electron chi connectivity index (χ3n) is 9.26. The van der Waals surface area contributed by atoms with Crippen LogP contribution in [0, 0.1) is 12.3 Å². The van der Waals surface area contributed by atoms with E-state index in [0.29, 0.717) is 29.7 Å². The van der Waals surface area contributed by atoms with E-state index in [1.54, 1.807) is 32.0 Å². The van der Waals surface area contributed by atoms with Crippen LogP contribution in [0.5, 0.6) is 5.75 Å². The van der Waals surface area contributed by atoms with Crippen molar-refractivity contribution in [2.45, 2.75) is 71.5 Å². The monoisotopic (exact) mass is 689 g/mol. The molecule has 1 saturated heterocycles. The van der Waals surface area contributed by atoms with Crippen LogP contribution in [0.1, 0.15) is 84.3 Å². The first-order valence-corrected chi connectivity index (χ1v) is 15.7. The fourth-order valence-corrected chi connectivity index (χ4v) is 6.78. The minimum atomic E-state index is -4.78. The summed E-state index contributed by atoms with van der Waals surface area (Å²) in [5.41, 5.74) is 0.666. The van der Waals surface area contributed by atoms with E-state index in [4.69, 9.17) is 9.47 Å². The molecule has 1 heterocycles. The molecule has 1 aliphatic heterocycles. The van der Waals surface area contributed by atoms with Gasteiger partial charge in [0, 0.05) is 12.1 Å². The second-order valence-corrected chi connectivity index (χ2v) is 13.4. The van der Waals surface area contributed by atoms with E-state index in [0.717, 1.165) is 42.9 Å².